The van der Waals surface area contributed by atoms with Crippen molar-refractivity contribution in [2.75, 3.05) is 7.05 Å². The fourth-order valence-corrected chi connectivity index (χ4v) is 4.11. The summed E-state index contributed by atoms with van der Waals surface area (Å²) >= 11 is 0. The van der Waals surface area contributed by atoms with E-state index in [-0.39, 0.29) is 23.8 Å². The minimum absolute atomic E-state index is 0. The Morgan fingerprint density at radius 3 is 2.67 bits per heavy atom. The van der Waals surface area contributed by atoms with Crippen molar-refractivity contribution < 1.29 is 12.8 Å². The zero-order valence-corrected chi connectivity index (χ0v) is 15.9. The lowest BCUT2D eigenvalue weighted by Crippen LogP contribution is -2.15. The van der Waals surface area contributed by atoms with Gasteiger partial charge in [0.25, 0.3) is 10.0 Å². The van der Waals surface area contributed by atoms with Crippen molar-refractivity contribution in [3.05, 3.63) is 71.9 Å². The lowest BCUT2D eigenvalue weighted by molar-refractivity contribution is 0.561. The third-order valence-electron chi connectivity index (χ3n) is 3.79. The normalized spacial score (nSPS) is 10.9. The van der Waals surface area contributed by atoms with Crippen molar-refractivity contribution in [2.45, 2.75) is 11.4 Å². The van der Waals surface area contributed by atoms with Crippen molar-refractivity contribution >= 4 is 22.4 Å². The molecular formula is C18H16ClFN4O2S. The van der Waals surface area contributed by atoms with Crippen LogP contribution >= 0.6 is 12.4 Å². The van der Waals surface area contributed by atoms with Crippen LogP contribution < -0.4 is 5.32 Å². The van der Waals surface area contributed by atoms with E-state index in [4.69, 9.17) is 0 Å². The molecule has 1 N–H and O–H groups in total. The Morgan fingerprint density at radius 2 is 2.00 bits per heavy atom. The summed E-state index contributed by atoms with van der Waals surface area (Å²) in [7, 11) is -2.46. The number of aromatic nitrogens is 2. The van der Waals surface area contributed by atoms with Gasteiger partial charge in [-0.1, -0.05) is 12.1 Å². The van der Waals surface area contributed by atoms with E-state index in [1.807, 2.05) is 6.07 Å². The van der Waals surface area contributed by atoms with E-state index in [2.05, 4.69) is 10.3 Å². The van der Waals surface area contributed by atoms with Gasteiger partial charge in [-0.05, 0) is 42.9 Å². The zero-order chi connectivity index (χ0) is 18.7. The lowest BCUT2D eigenvalue weighted by Gasteiger charge is -2.11. The summed E-state index contributed by atoms with van der Waals surface area (Å²) in [4.78, 5) is 3.55. The van der Waals surface area contributed by atoms with Crippen molar-refractivity contribution in [1.29, 1.82) is 5.26 Å². The summed E-state index contributed by atoms with van der Waals surface area (Å²) in [5.74, 6) is -0.839. The molecule has 0 atom stereocenters. The second kappa shape index (κ2) is 8.31. The second-order valence-corrected chi connectivity index (χ2v) is 7.29. The Kier molecular flexibility index (Phi) is 6.33. The van der Waals surface area contributed by atoms with Crippen molar-refractivity contribution in [3.8, 4) is 17.3 Å². The number of halogens is 2. The SMILES string of the molecule is CNCc1cc(-c2cccnc2C#N)n(S(=O)(=O)c2ccccc2F)c1.Cl. The average molecular weight is 407 g/mol. The summed E-state index contributed by atoms with van der Waals surface area (Å²) in [6.07, 6.45) is 2.87. The standard InChI is InChI=1S/C18H15FN4O2S.ClH/c1-21-11-13-9-17(14-5-4-8-22-16(14)10-20)23(12-13)26(24,25)18-7-3-2-6-15(18)19;/h2-9,12,21H,11H2,1H3;1H. The molecule has 2 heterocycles. The monoisotopic (exact) mass is 406 g/mol. The molecule has 0 unspecified atom stereocenters. The number of nitrogens with one attached hydrogen (secondary N) is 1. The highest BCUT2D eigenvalue weighted by Crippen LogP contribution is 2.29. The Labute approximate surface area is 162 Å². The van der Waals surface area contributed by atoms with Gasteiger partial charge in [0.2, 0.25) is 0 Å². The van der Waals surface area contributed by atoms with E-state index < -0.39 is 20.7 Å². The molecule has 3 aromatic rings. The molecule has 0 saturated heterocycles. The van der Waals surface area contributed by atoms with Crippen molar-refractivity contribution in [2.24, 2.45) is 0 Å². The zero-order valence-electron chi connectivity index (χ0n) is 14.3. The van der Waals surface area contributed by atoms with Crippen LogP contribution in [0.3, 0.4) is 0 Å². The number of nitriles is 1. The number of pyridine rings is 1. The number of hydrogen-bond acceptors (Lipinski definition) is 5. The molecule has 0 radical (unpaired) electrons. The third-order valence-corrected chi connectivity index (χ3v) is 5.49. The van der Waals surface area contributed by atoms with Crippen LogP contribution in [0.4, 0.5) is 4.39 Å². The molecule has 0 amide bonds. The minimum Gasteiger partial charge on any atom is -0.316 e. The van der Waals surface area contributed by atoms with Crippen LogP contribution in [-0.4, -0.2) is 24.4 Å². The molecular weight excluding hydrogens is 391 g/mol. The van der Waals surface area contributed by atoms with E-state index in [0.29, 0.717) is 17.7 Å². The summed E-state index contributed by atoms with van der Waals surface area (Å²) in [6.45, 7) is 0.412. The van der Waals surface area contributed by atoms with Gasteiger partial charge in [-0.2, -0.15) is 5.26 Å². The molecule has 0 aliphatic carbocycles. The third kappa shape index (κ3) is 3.85. The highest BCUT2D eigenvalue weighted by atomic mass is 35.5. The molecule has 27 heavy (non-hydrogen) atoms. The van der Waals surface area contributed by atoms with E-state index in [9.17, 15) is 18.1 Å². The maximum atomic E-state index is 14.1. The Hall–Kier alpha value is -2.73. The predicted octanol–water partition coefficient (Wildman–Crippen LogP) is 2.94. The number of hydrogen-bond donors (Lipinski definition) is 1. The Morgan fingerprint density at radius 1 is 1.26 bits per heavy atom. The molecule has 140 valence electrons. The van der Waals surface area contributed by atoms with Gasteiger partial charge in [-0.3, -0.25) is 0 Å². The lowest BCUT2D eigenvalue weighted by atomic mass is 10.1. The number of rotatable bonds is 5. The second-order valence-electron chi connectivity index (χ2n) is 5.51. The predicted molar refractivity (Wildman–Crippen MR) is 101 cm³/mol. The molecule has 0 aliphatic heterocycles. The van der Waals surface area contributed by atoms with E-state index >= 15 is 0 Å². The van der Waals surface area contributed by atoms with Crippen molar-refractivity contribution in [3.63, 3.8) is 0 Å². The Bertz CT molecular complexity index is 1110. The molecule has 9 heteroatoms. The van der Waals surface area contributed by atoms with E-state index in [0.717, 1.165) is 10.0 Å². The molecule has 0 fully saturated rings. The molecule has 2 aromatic heterocycles. The van der Waals surface area contributed by atoms with Crippen LogP contribution in [0.25, 0.3) is 11.3 Å². The van der Waals surface area contributed by atoms with Gasteiger partial charge < -0.3 is 5.32 Å². The molecule has 0 aliphatic rings. The van der Waals surface area contributed by atoms with Gasteiger partial charge in [0, 0.05) is 24.5 Å². The maximum Gasteiger partial charge on any atom is 0.271 e. The van der Waals surface area contributed by atoms with E-state index in [1.54, 1.807) is 25.2 Å². The maximum absolute atomic E-state index is 14.1. The van der Waals surface area contributed by atoms with Gasteiger partial charge in [-0.25, -0.2) is 21.8 Å². The molecule has 1 aromatic carbocycles. The van der Waals surface area contributed by atoms with Gasteiger partial charge in [-0.15, -0.1) is 12.4 Å². The molecule has 6 nitrogen and oxygen atoms in total. The van der Waals surface area contributed by atoms with Crippen LogP contribution in [-0.2, 0) is 16.6 Å². The summed E-state index contributed by atoms with van der Waals surface area (Å²) in [5.41, 5.74) is 1.38. The highest BCUT2D eigenvalue weighted by molar-refractivity contribution is 7.90. The van der Waals surface area contributed by atoms with Crippen LogP contribution in [0, 0.1) is 17.1 Å². The first-order chi connectivity index (χ1) is 12.5. The van der Waals surface area contributed by atoms with Gasteiger partial charge in [0.1, 0.15) is 22.5 Å². The number of benzene rings is 1. The van der Waals surface area contributed by atoms with Crippen molar-refractivity contribution in [1.82, 2.24) is 14.3 Å². The highest BCUT2D eigenvalue weighted by Gasteiger charge is 2.25. The average Bonchev–Trinajstić information content (AvgIpc) is 3.07. The fourth-order valence-electron chi connectivity index (χ4n) is 2.65. The van der Waals surface area contributed by atoms with Crippen LogP contribution in [0.1, 0.15) is 11.3 Å². The van der Waals surface area contributed by atoms with Gasteiger partial charge >= 0.3 is 0 Å². The van der Waals surface area contributed by atoms with Gasteiger partial charge in [0.15, 0.2) is 0 Å². The fraction of sp³-hybridized carbons (Fsp3) is 0.111. The number of nitrogens with zero attached hydrogens (tertiary/aromatic N) is 3. The minimum atomic E-state index is -4.19. The quantitative estimate of drug-likeness (QED) is 0.703. The summed E-state index contributed by atoms with van der Waals surface area (Å²) in [6, 6.07) is 12.0. The molecule has 0 saturated carbocycles. The largest absolute Gasteiger partial charge is 0.316 e. The molecule has 0 bridgehead atoms. The molecule has 0 spiro atoms. The van der Waals surface area contributed by atoms with E-state index in [1.165, 1.54) is 30.6 Å². The summed E-state index contributed by atoms with van der Waals surface area (Å²) in [5, 5.41) is 12.2. The van der Waals surface area contributed by atoms with Crippen LogP contribution in [0.5, 0.6) is 0 Å². The topological polar surface area (TPSA) is 87.8 Å². The first-order valence-electron chi connectivity index (χ1n) is 7.70. The molecule has 3 rings (SSSR count). The smallest absolute Gasteiger partial charge is 0.271 e. The first-order valence-corrected chi connectivity index (χ1v) is 9.14. The van der Waals surface area contributed by atoms with Crippen LogP contribution in [0.2, 0.25) is 0 Å². The Balaban J connectivity index is 0.00000261. The summed E-state index contributed by atoms with van der Waals surface area (Å²) < 4.78 is 41.3. The first kappa shape index (κ1) is 20.6. The van der Waals surface area contributed by atoms with Gasteiger partial charge in [0.05, 0.1) is 5.69 Å². The van der Waals surface area contributed by atoms with Crippen LogP contribution in [0.15, 0.2) is 59.8 Å².